The maximum absolute atomic E-state index is 13.0. The predicted octanol–water partition coefficient (Wildman–Crippen LogP) is 5.51. The zero-order valence-corrected chi connectivity index (χ0v) is 18.1. The second-order valence-corrected chi connectivity index (χ2v) is 8.05. The van der Waals surface area contributed by atoms with E-state index in [0.717, 1.165) is 17.8 Å². The molecule has 0 saturated carbocycles. The number of carbonyl (C=O) groups excluding carboxylic acids is 1. The van der Waals surface area contributed by atoms with Crippen LogP contribution in [0.3, 0.4) is 0 Å². The largest absolute Gasteiger partial charge is 0.416 e. The van der Waals surface area contributed by atoms with E-state index in [0.29, 0.717) is 22.1 Å². The third kappa shape index (κ3) is 5.61. The SMILES string of the molecule is O=C(NCc1nnc(SCc2cccc(C(F)(F)F)c2)n1-c1ccccc1)c1ccccc1. The number of alkyl halides is 3. The zero-order chi connectivity index (χ0) is 23.3. The highest BCUT2D eigenvalue weighted by molar-refractivity contribution is 7.98. The van der Waals surface area contributed by atoms with Gasteiger partial charge in [0.1, 0.15) is 0 Å². The van der Waals surface area contributed by atoms with Gasteiger partial charge in [-0.05, 0) is 35.9 Å². The lowest BCUT2D eigenvalue weighted by Crippen LogP contribution is -2.24. The Morgan fingerprint density at radius 3 is 2.30 bits per heavy atom. The van der Waals surface area contributed by atoms with Crippen molar-refractivity contribution in [2.24, 2.45) is 0 Å². The van der Waals surface area contributed by atoms with Gasteiger partial charge in [0.15, 0.2) is 11.0 Å². The molecule has 0 aliphatic carbocycles. The van der Waals surface area contributed by atoms with Crippen molar-refractivity contribution in [1.29, 1.82) is 0 Å². The lowest BCUT2D eigenvalue weighted by Gasteiger charge is -2.12. The lowest BCUT2D eigenvalue weighted by molar-refractivity contribution is -0.137. The van der Waals surface area contributed by atoms with Crippen LogP contribution >= 0.6 is 11.8 Å². The summed E-state index contributed by atoms with van der Waals surface area (Å²) in [6.45, 7) is 0.139. The van der Waals surface area contributed by atoms with Gasteiger partial charge in [0.05, 0.1) is 12.1 Å². The molecule has 0 radical (unpaired) electrons. The Labute approximate surface area is 192 Å². The Bertz CT molecular complexity index is 1230. The molecular weight excluding hydrogens is 449 g/mol. The minimum absolute atomic E-state index is 0.139. The topological polar surface area (TPSA) is 59.8 Å². The quantitative estimate of drug-likeness (QED) is 0.364. The van der Waals surface area contributed by atoms with Crippen molar-refractivity contribution in [3.05, 3.63) is 107 Å². The molecule has 0 aliphatic rings. The second-order valence-electron chi connectivity index (χ2n) is 7.11. The number of nitrogens with one attached hydrogen (secondary N) is 1. The fraction of sp³-hybridized carbons (Fsp3) is 0.125. The highest BCUT2D eigenvalue weighted by Crippen LogP contribution is 2.31. The van der Waals surface area contributed by atoms with Gasteiger partial charge in [0, 0.05) is 17.0 Å². The van der Waals surface area contributed by atoms with Crippen LogP contribution in [0.25, 0.3) is 5.69 Å². The summed E-state index contributed by atoms with van der Waals surface area (Å²) < 4.78 is 40.9. The number of amides is 1. The number of benzene rings is 3. The van der Waals surface area contributed by atoms with Gasteiger partial charge in [-0.1, -0.05) is 66.4 Å². The summed E-state index contributed by atoms with van der Waals surface area (Å²) in [4.78, 5) is 12.4. The number of carbonyl (C=O) groups is 1. The van der Waals surface area contributed by atoms with Gasteiger partial charge in [-0.3, -0.25) is 9.36 Å². The fourth-order valence-corrected chi connectivity index (χ4v) is 4.09. The first-order valence-electron chi connectivity index (χ1n) is 10.0. The first-order valence-corrected chi connectivity index (χ1v) is 11.0. The number of thioether (sulfide) groups is 1. The summed E-state index contributed by atoms with van der Waals surface area (Å²) in [7, 11) is 0. The second kappa shape index (κ2) is 9.91. The zero-order valence-electron chi connectivity index (χ0n) is 17.3. The minimum atomic E-state index is -4.39. The summed E-state index contributed by atoms with van der Waals surface area (Å²) in [6.07, 6.45) is -4.39. The molecule has 9 heteroatoms. The molecule has 33 heavy (non-hydrogen) atoms. The Kier molecular flexibility index (Phi) is 6.79. The van der Waals surface area contributed by atoms with Crippen molar-refractivity contribution in [1.82, 2.24) is 20.1 Å². The van der Waals surface area contributed by atoms with Crippen LogP contribution in [-0.2, 0) is 18.5 Å². The number of para-hydroxylation sites is 1. The van der Waals surface area contributed by atoms with Gasteiger partial charge in [-0.25, -0.2) is 0 Å². The van der Waals surface area contributed by atoms with E-state index in [-0.39, 0.29) is 18.2 Å². The van der Waals surface area contributed by atoms with E-state index in [2.05, 4.69) is 15.5 Å². The highest BCUT2D eigenvalue weighted by atomic mass is 32.2. The van der Waals surface area contributed by atoms with E-state index < -0.39 is 11.7 Å². The van der Waals surface area contributed by atoms with Gasteiger partial charge < -0.3 is 5.32 Å². The molecule has 1 amide bonds. The van der Waals surface area contributed by atoms with Gasteiger partial charge in [-0.15, -0.1) is 10.2 Å². The average molecular weight is 469 g/mol. The van der Waals surface area contributed by atoms with E-state index in [1.165, 1.54) is 17.8 Å². The van der Waals surface area contributed by atoms with Crippen LogP contribution in [0.2, 0.25) is 0 Å². The lowest BCUT2D eigenvalue weighted by atomic mass is 10.1. The number of aromatic nitrogens is 3. The molecule has 1 heterocycles. The number of hydrogen-bond donors (Lipinski definition) is 1. The van der Waals surface area contributed by atoms with Gasteiger partial charge in [0.2, 0.25) is 0 Å². The normalized spacial score (nSPS) is 11.4. The molecule has 4 aromatic rings. The van der Waals surface area contributed by atoms with E-state index in [1.807, 2.05) is 36.4 Å². The maximum atomic E-state index is 13.0. The molecule has 1 N–H and O–H groups in total. The smallest absolute Gasteiger partial charge is 0.345 e. The minimum Gasteiger partial charge on any atom is -0.345 e. The van der Waals surface area contributed by atoms with E-state index >= 15 is 0 Å². The van der Waals surface area contributed by atoms with Crippen LogP contribution < -0.4 is 5.32 Å². The van der Waals surface area contributed by atoms with Crippen LogP contribution in [-0.4, -0.2) is 20.7 Å². The number of halogens is 3. The third-order valence-electron chi connectivity index (χ3n) is 4.78. The summed E-state index contributed by atoms with van der Waals surface area (Å²) >= 11 is 1.28. The van der Waals surface area contributed by atoms with Crippen LogP contribution in [0.4, 0.5) is 13.2 Å². The predicted molar refractivity (Wildman–Crippen MR) is 120 cm³/mol. The Balaban J connectivity index is 1.55. The molecule has 0 spiro atoms. The summed E-state index contributed by atoms with van der Waals surface area (Å²) in [5, 5.41) is 11.8. The molecule has 1 aromatic heterocycles. The molecule has 0 atom stereocenters. The van der Waals surface area contributed by atoms with Crippen LogP contribution in [0.15, 0.2) is 90.1 Å². The highest BCUT2D eigenvalue weighted by Gasteiger charge is 2.30. The van der Waals surface area contributed by atoms with Crippen molar-refractivity contribution < 1.29 is 18.0 Å². The van der Waals surface area contributed by atoms with Crippen molar-refractivity contribution in [2.45, 2.75) is 23.6 Å². The van der Waals surface area contributed by atoms with E-state index in [9.17, 15) is 18.0 Å². The molecule has 0 bridgehead atoms. The molecular formula is C24H19F3N4OS. The molecule has 0 fully saturated rings. The van der Waals surface area contributed by atoms with Gasteiger partial charge >= 0.3 is 6.18 Å². The van der Waals surface area contributed by atoms with Gasteiger partial charge in [0.25, 0.3) is 5.91 Å². The standard InChI is InChI=1S/C24H19F3N4OS/c25-24(26,27)19-11-7-8-17(14-19)16-33-23-30-29-21(31(23)20-12-5-2-6-13-20)15-28-22(32)18-9-3-1-4-10-18/h1-14H,15-16H2,(H,28,32). The first-order chi connectivity index (χ1) is 15.9. The van der Waals surface area contributed by atoms with Crippen LogP contribution in [0.1, 0.15) is 27.3 Å². The summed E-state index contributed by atoms with van der Waals surface area (Å²) in [5.74, 6) is 0.555. The van der Waals surface area contributed by atoms with E-state index in [4.69, 9.17) is 0 Å². The van der Waals surface area contributed by atoms with Crippen molar-refractivity contribution >= 4 is 17.7 Å². The number of rotatable bonds is 7. The Morgan fingerprint density at radius 1 is 0.909 bits per heavy atom. The molecule has 0 unspecified atom stereocenters. The summed E-state index contributed by atoms with van der Waals surface area (Å²) in [6, 6.07) is 23.4. The van der Waals surface area contributed by atoms with Crippen LogP contribution in [0.5, 0.6) is 0 Å². The van der Waals surface area contributed by atoms with Crippen molar-refractivity contribution in [3.8, 4) is 5.69 Å². The number of nitrogens with zero attached hydrogens (tertiary/aromatic N) is 3. The number of hydrogen-bond acceptors (Lipinski definition) is 4. The van der Waals surface area contributed by atoms with Gasteiger partial charge in [-0.2, -0.15) is 13.2 Å². The molecule has 168 valence electrons. The monoisotopic (exact) mass is 468 g/mol. The van der Waals surface area contributed by atoms with Crippen LogP contribution in [0, 0.1) is 0 Å². The maximum Gasteiger partial charge on any atom is 0.416 e. The molecule has 5 nitrogen and oxygen atoms in total. The van der Waals surface area contributed by atoms with Crippen molar-refractivity contribution in [2.75, 3.05) is 0 Å². The third-order valence-corrected chi connectivity index (χ3v) is 5.78. The Hall–Kier alpha value is -3.59. The molecule has 3 aromatic carbocycles. The fourth-order valence-electron chi connectivity index (χ4n) is 3.18. The average Bonchev–Trinajstić information content (AvgIpc) is 3.25. The van der Waals surface area contributed by atoms with Crippen molar-refractivity contribution in [3.63, 3.8) is 0 Å². The molecule has 0 aliphatic heterocycles. The Morgan fingerprint density at radius 2 is 1.61 bits per heavy atom. The molecule has 4 rings (SSSR count). The summed E-state index contributed by atoms with van der Waals surface area (Å²) in [5.41, 5.74) is 1.16. The van der Waals surface area contributed by atoms with E-state index in [1.54, 1.807) is 34.9 Å². The molecule has 0 saturated heterocycles. The first kappa shape index (κ1) is 22.6.